The number of aryl methyl sites for hydroxylation is 1. The van der Waals surface area contributed by atoms with Crippen LogP contribution in [0.15, 0.2) is 72.8 Å². The maximum atomic E-state index is 13.0. The SMILES string of the molecule is CCCCCc1ccc(-c2ccccc2)c(OC(=O)c2ccc(OCCC(Br)CCCCC)cc2)c1. The predicted molar refractivity (Wildman–Crippen MR) is 153 cm³/mol. The van der Waals surface area contributed by atoms with E-state index in [1.165, 1.54) is 44.1 Å². The Balaban J connectivity index is 1.63. The van der Waals surface area contributed by atoms with E-state index in [2.05, 4.69) is 41.9 Å². The summed E-state index contributed by atoms with van der Waals surface area (Å²) in [6.45, 7) is 5.08. The normalized spacial score (nSPS) is 11.8. The van der Waals surface area contributed by atoms with Crippen LogP contribution in [0.2, 0.25) is 0 Å². The average Bonchev–Trinajstić information content (AvgIpc) is 2.90. The topological polar surface area (TPSA) is 35.5 Å². The highest BCUT2D eigenvalue weighted by Crippen LogP contribution is 2.32. The van der Waals surface area contributed by atoms with Gasteiger partial charge in [-0.05, 0) is 67.1 Å². The van der Waals surface area contributed by atoms with Crippen LogP contribution in [0.25, 0.3) is 11.1 Å². The van der Waals surface area contributed by atoms with E-state index in [9.17, 15) is 4.79 Å². The van der Waals surface area contributed by atoms with Gasteiger partial charge in [-0.3, -0.25) is 0 Å². The summed E-state index contributed by atoms with van der Waals surface area (Å²) in [4.78, 5) is 13.5. The van der Waals surface area contributed by atoms with Crippen LogP contribution in [0.4, 0.5) is 0 Å². The van der Waals surface area contributed by atoms with Gasteiger partial charge in [0.25, 0.3) is 0 Å². The van der Waals surface area contributed by atoms with Crippen molar-refractivity contribution in [3.63, 3.8) is 0 Å². The van der Waals surface area contributed by atoms with Gasteiger partial charge < -0.3 is 9.47 Å². The van der Waals surface area contributed by atoms with E-state index in [0.29, 0.717) is 22.7 Å². The van der Waals surface area contributed by atoms with Gasteiger partial charge in [0, 0.05) is 10.4 Å². The molecule has 1 atom stereocenters. The van der Waals surface area contributed by atoms with Crippen LogP contribution in [0.1, 0.15) is 81.1 Å². The van der Waals surface area contributed by atoms with Gasteiger partial charge in [-0.15, -0.1) is 0 Å². The molecule has 0 amide bonds. The van der Waals surface area contributed by atoms with Crippen molar-refractivity contribution in [2.24, 2.45) is 0 Å². The Bertz CT molecular complexity index is 1050. The number of halogens is 1. The molecule has 0 fully saturated rings. The summed E-state index contributed by atoms with van der Waals surface area (Å²) >= 11 is 3.75. The summed E-state index contributed by atoms with van der Waals surface area (Å²) in [6, 6.07) is 23.5. The minimum atomic E-state index is -0.360. The maximum absolute atomic E-state index is 13.0. The lowest BCUT2D eigenvalue weighted by atomic mass is 10.00. The third kappa shape index (κ3) is 9.13. The molecular weight excluding hydrogens is 512 g/mol. The summed E-state index contributed by atoms with van der Waals surface area (Å²) in [5, 5.41) is 0. The number of carbonyl (C=O) groups is 1. The Morgan fingerprint density at radius 1 is 0.833 bits per heavy atom. The Morgan fingerprint density at radius 2 is 1.56 bits per heavy atom. The Morgan fingerprint density at radius 3 is 2.28 bits per heavy atom. The fraction of sp³-hybridized carbons (Fsp3) is 0.406. The van der Waals surface area contributed by atoms with E-state index in [-0.39, 0.29) is 5.97 Å². The number of rotatable bonds is 15. The van der Waals surface area contributed by atoms with Gasteiger partial charge in [0.15, 0.2) is 0 Å². The van der Waals surface area contributed by atoms with Crippen LogP contribution in [0.3, 0.4) is 0 Å². The van der Waals surface area contributed by atoms with E-state index in [1.807, 2.05) is 48.5 Å². The third-order valence-electron chi connectivity index (χ3n) is 6.31. The van der Waals surface area contributed by atoms with Crippen LogP contribution >= 0.6 is 15.9 Å². The molecule has 0 radical (unpaired) electrons. The quantitative estimate of drug-likeness (QED) is 0.0817. The smallest absolute Gasteiger partial charge is 0.343 e. The molecule has 192 valence electrons. The minimum absolute atomic E-state index is 0.360. The van der Waals surface area contributed by atoms with Crippen LogP contribution in [-0.4, -0.2) is 17.4 Å². The molecular formula is C32H39BrO3. The molecule has 0 heterocycles. The summed E-state index contributed by atoms with van der Waals surface area (Å²) in [5.74, 6) is 1.01. The largest absolute Gasteiger partial charge is 0.494 e. The van der Waals surface area contributed by atoms with Crippen molar-refractivity contribution < 1.29 is 14.3 Å². The molecule has 3 nitrogen and oxygen atoms in total. The Kier molecular flexibility index (Phi) is 12.1. The van der Waals surface area contributed by atoms with Crippen molar-refractivity contribution in [3.05, 3.63) is 83.9 Å². The van der Waals surface area contributed by atoms with Gasteiger partial charge in [-0.2, -0.15) is 0 Å². The van der Waals surface area contributed by atoms with Crippen LogP contribution in [0.5, 0.6) is 11.5 Å². The summed E-state index contributed by atoms with van der Waals surface area (Å²) in [6.07, 6.45) is 10.4. The summed E-state index contributed by atoms with van der Waals surface area (Å²) < 4.78 is 11.8. The molecule has 0 aliphatic rings. The van der Waals surface area contributed by atoms with E-state index in [0.717, 1.165) is 36.1 Å². The molecule has 36 heavy (non-hydrogen) atoms. The first-order valence-electron chi connectivity index (χ1n) is 13.4. The van der Waals surface area contributed by atoms with Crippen molar-refractivity contribution in [1.82, 2.24) is 0 Å². The zero-order valence-corrected chi connectivity index (χ0v) is 23.3. The molecule has 1 unspecified atom stereocenters. The van der Waals surface area contributed by atoms with Gasteiger partial charge in [0.05, 0.1) is 12.2 Å². The van der Waals surface area contributed by atoms with Gasteiger partial charge >= 0.3 is 5.97 Å². The fourth-order valence-corrected chi connectivity index (χ4v) is 4.66. The molecule has 0 bridgehead atoms. The molecule has 0 spiro atoms. The number of unbranched alkanes of at least 4 members (excludes halogenated alkanes) is 4. The number of carbonyl (C=O) groups excluding carboxylic acids is 1. The number of alkyl halides is 1. The molecule has 3 aromatic rings. The van der Waals surface area contributed by atoms with Gasteiger partial charge in [-0.25, -0.2) is 4.79 Å². The lowest BCUT2D eigenvalue weighted by Crippen LogP contribution is -2.10. The highest BCUT2D eigenvalue weighted by atomic mass is 79.9. The zero-order valence-electron chi connectivity index (χ0n) is 21.7. The second-order valence-electron chi connectivity index (χ2n) is 9.30. The first-order valence-corrected chi connectivity index (χ1v) is 14.3. The van der Waals surface area contributed by atoms with E-state index in [1.54, 1.807) is 12.1 Å². The molecule has 0 saturated carbocycles. The molecule has 0 aliphatic carbocycles. The summed E-state index contributed by atoms with van der Waals surface area (Å²) in [7, 11) is 0. The average molecular weight is 552 g/mol. The fourth-order valence-electron chi connectivity index (χ4n) is 4.15. The van der Waals surface area contributed by atoms with Crippen molar-refractivity contribution in [1.29, 1.82) is 0 Å². The highest BCUT2D eigenvalue weighted by molar-refractivity contribution is 9.09. The molecule has 0 saturated heterocycles. The molecule has 0 aromatic heterocycles. The Labute approximate surface area is 225 Å². The minimum Gasteiger partial charge on any atom is -0.494 e. The second kappa shape index (κ2) is 15.5. The highest BCUT2D eigenvalue weighted by Gasteiger charge is 2.14. The van der Waals surface area contributed by atoms with Crippen molar-refractivity contribution >= 4 is 21.9 Å². The van der Waals surface area contributed by atoms with Crippen molar-refractivity contribution in [2.45, 2.75) is 76.5 Å². The van der Waals surface area contributed by atoms with Crippen molar-refractivity contribution in [3.8, 4) is 22.6 Å². The monoisotopic (exact) mass is 550 g/mol. The number of hydrogen-bond donors (Lipinski definition) is 0. The number of ether oxygens (including phenoxy) is 2. The molecule has 0 N–H and O–H groups in total. The Hall–Kier alpha value is -2.59. The van der Waals surface area contributed by atoms with E-state index >= 15 is 0 Å². The first kappa shape index (κ1) is 28.0. The van der Waals surface area contributed by atoms with Gasteiger partial charge in [0.2, 0.25) is 0 Å². The number of benzene rings is 3. The number of hydrogen-bond acceptors (Lipinski definition) is 3. The summed E-state index contributed by atoms with van der Waals surface area (Å²) in [5.41, 5.74) is 3.65. The third-order valence-corrected chi connectivity index (χ3v) is 7.23. The lowest BCUT2D eigenvalue weighted by molar-refractivity contribution is 0.0735. The van der Waals surface area contributed by atoms with Crippen LogP contribution in [0, 0.1) is 0 Å². The molecule has 4 heteroatoms. The standard InChI is InChI=1S/C32H39BrO3/c1-3-5-8-12-25-16-21-30(26-13-10-7-11-14-26)31(24-25)36-32(34)27-17-19-29(20-18-27)35-23-22-28(33)15-9-6-4-2/h7,10-11,13-14,16-21,24,28H,3-6,8-9,12,15,22-23H2,1-2H3. The lowest BCUT2D eigenvalue weighted by Gasteiger charge is -2.13. The molecule has 3 rings (SSSR count). The maximum Gasteiger partial charge on any atom is 0.343 e. The predicted octanol–water partition coefficient (Wildman–Crippen LogP) is 9.42. The first-order chi connectivity index (χ1) is 17.6. The zero-order chi connectivity index (χ0) is 25.6. The van der Waals surface area contributed by atoms with E-state index in [4.69, 9.17) is 9.47 Å². The van der Waals surface area contributed by atoms with Gasteiger partial charge in [-0.1, -0.05) is 104 Å². The van der Waals surface area contributed by atoms with Crippen molar-refractivity contribution in [2.75, 3.05) is 6.61 Å². The molecule has 0 aliphatic heterocycles. The van der Waals surface area contributed by atoms with E-state index < -0.39 is 0 Å². The second-order valence-corrected chi connectivity index (χ2v) is 10.6. The molecule has 3 aromatic carbocycles. The van der Waals surface area contributed by atoms with Crippen LogP contribution < -0.4 is 9.47 Å². The van der Waals surface area contributed by atoms with Gasteiger partial charge in [0.1, 0.15) is 11.5 Å². The number of esters is 1. The van der Waals surface area contributed by atoms with Crippen LogP contribution in [-0.2, 0) is 6.42 Å².